The fraction of sp³-hybridized carbons (Fsp3) is 0.200. The smallest absolute Gasteiger partial charge is 0.244 e. The molecule has 3 aromatic carbocycles. The quantitative estimate of drug-likeness (QED) is 0.524. The molecule has 0 saturated carbocycles. The van der Waals surface area contributed by atoms with Gasteiger partial charge < -0.3 is 9.88 Å². The number of fused-ring (bicyclic) bond motifs is 3. The molecule has 1 heterocycles. The van der Waals surface area contributed by atoms with Gasteiger partial charge in [0.15, 0.2) is 5.43 Å². The monoisotopic (exact) mass is 382 g/mol. The van der Waals surface area contributed by atoms with E-state index in [1.807, 2.05) is 65.2 Å². The Morgan fingerprint density at radius 3 is 2.21 bits per heavy atom. The van der Waals surface area contributed by atoms with Gasteiger partial charge in [-0.1, -0.05) is 36.4 Å². The van der Waals surface area contributed by atoms with Gasteiger partial charge in [-0.25, -0.2) is 0 Å². The van der Waals surface area contributed by atoms with Crippen molar-refractivity contribution in [1.29, 1.82) is 0 Å². The summed E-state index contributed by atoms with van der Waals surface area (Å²) in [5, 5.41) is 4.40. The minimum absolute atomic E-state index is 0.00462. The minimum atomic E-state index is -0.0806. The van der Waals surface area contributed by atoms with Crippen LogP contribution in [-0.4, -0.2) is 10.5 Å². The zero-order chi connectivity index (χ0) is 19.8. The van der Waals surface area contributed by atoms with Gasteiger partial charge in [-0.15, -0.1) is 0 Å². The molecule has 1 amide bonds. The number of hydrogen-bond acceptors (Lipinski definition) is 2. The number of carbonyl (C=O) groups is 1. The predicted molar refractivity (Wildman–Crippen MR) is 117 cm³/mol. The fourth-order valence-electron chi connectivity index (χ4n) is 4.48. The van der Waals surface area contributed by atoms with E-state index in [0.29, 0.717) is 10.8 Å². The average molecular weight is 382 g/mol. The van der Waals surface area contributed by atoms with Crippen LogP contribution in [0.1, 0.15) is 24.0 Å². The first-order valence-electron chi connectivity index (χ1n) is 10.1. The zero-order valence-electron chi connectivity index (χ0n) is 16.2. The first kappa shape index (κ1) is 17.7. The number of anilines is 1. The van der Waals surface area contributed by atoms with Crippen molar-refractivity contribution >= 4 is 33.4 Å². The Bertz CT molecular complexity index is 1240. The Hall–Kier alpha value is -3.40. The number of carbonyl (C=O) groups excluding carboxylic acids is 1. The molecule has 0 aliphatic heterocycles. The molecule has 0 spiro atoms. The van der Waals surface area contributed by atoms with Crippen LogP contribution in [0.2, 0.25) is 0 Å². The van der Waals surface area contributed by atoms with Crippen molar-refractivity contribution < 1.29 is 4.79 Å². The number of para-hydroxylation sites is 2. The van der Waals surface area contributed by atoms with Crippen LogP contribution < -0.4 is 10.7 Å². The van der Waals surface area contributed by atoms with E-state index in [1.165, 1.54) is 17.5 Å². The highest BCUT2D eigenvalue weighted by atomic mass is 16.2. The Morgan fingerprint density at radius 2 is 1.48 bits per heavy atom. The highest BCUT2D eigenvalue weighted by Gasteiger charge is 2.16. The van der Waals surface area contributed by atoms with Crippen molar-refractivity contribution in [3.8, 4) is 0 Å². The van der Waals surface area contributed by atoms with E-state index < -0.39 is 0 Å². The molecule has 1 aliphatic rings. The third-order valence-electron chi connectivity index (χ3n) is 5.85. The van der Waals surface area contributed by atoms with Crippen LogP contribution in [0.4, 0.5) is 5.69 Å². The summed E-state index contributed by atoms with van der Waals surface area (Å²) in [7, 11) is 0. The normalized spacial score (nSPS) is 13.4. The highest BCUT2D eigenvalue weighted by Crippen LogP contribution is 2.28. The molecule has 144 valence electrons. The lowest BCUT2D eigenvalue weighted by molar-refractivity contribution is -0.116. The third-order valence-corrected chi connectivity index (χ3v) is 5.85. The van der Waals surface area contributed by atoms with Crippen molar-refractivity contribution in [2.75, 3.05) is 5.32 Å². The first-order valence-corrected chi connectivity index (χ1v) is 10.1. The molecule has 1 aromatic heterocycles. The number of benzene rings is 3. The van der Waals surface area contributed by atoms with Gasteiger partial charge in [-0.05, 0) is 67.1 Å². The second-order valence-corrected chi connectivity index (χ2v) is 7.65. The molecule has 0 atom stereocenters. The maximum absolute atomic E-state index is 13.0. The standard InChI is InChI=1S/C25H22N2O2/c28-24(26-21-13-7-9-17-8-1-2-10-18(17)21)16-27-22-14-5-3-11-19(22)25(29)20-12-4-6-15-23(20)27/h3-7,9,11-15H,1-2,8,10,16H2,(H,26,28). The van der Waals surface area contributed by atoms with Crippen molar-refractivity contribution in [3.63, 3.8) is 0 Å². The van der Waals surface area contributed by atoms with E-state index in [0.717, 1.165) is 36.0 Å². The number of pyridine rings is 1. The van der Waals surface area contributed by atoms with Crippen LogP contribution in [0.5, 0.6) is 0 Å². The zero-order valence-corrected chi connectivity index (χ0v) is 16.2. The van der Waals surface area contributed by atoms with E-state index in [9.17, 15) is 9.59 Å². The van der Waals surface area contributed by atoms with Gasteiger partial charge in [0.25, 0.3) is 0 Å². The lowest BCUT2D eigenvalue weighted by Gasteiger charge is -2.20. The molecular formula is C25H22N2O2. The third kappa shape index (κ3) is 3.11. The Morgan fingerprint density at radius 1 is 0.828 bits per heavy atom. The van der Waals surface area contributed by atoms with Crippen LogP contribution in [-0.2, 0) is 24.2 Å². The Labute approximate surface area is 168 Å². The van der Waals surface area contributed by atoms with E-state index in [1.54, 1.807) is 0 Å². The van der Waals surface area contributed by atoms with Crippen molar-refractivity contribution in [2.24, 2.45) is 0 Å². The number of aromatic nitrogens is 1. The maximum Gasteiger partial charge on any atom is 0.244 e. The molecule has 0 fully saturated rings. The molecule has 4 heteroatoms. The molecule has 0 saturated heterocycles. The van der Waals surface area contributed by atoms with E-state index >= 15 is 0 Å². The Kier molecular flexibility index (Phi) is 4.39. The van der Waals surface area contributed by atoms with Gasteiger partial charge in [0.05, 0.1) is 11.0 Å². The number of rotatable bonds is 3. The summed E-state index contributed by atoms with van der Waals surface area (Å²) < 4.78 is 1.94. The summed E-state index contributed by atoms with van der Waals surface area (Å²) in [6, 6.07) is 21.1. The number of nitrogens with one attached hydrogen (secondary N) is 1. The van der Waals surface area contributed by atoms with Crippen LogP contribution in [0.25, 0.3) is 21.8 Å². The van der Waals surface area contributed by atoms with Crippen molar-refractivity contribution in [2.45, 2.75) is 32.2 Å². The summed E-state index contributed by atoms with van der Waals surface area (Å²) in [4.78, 5) is 25.9. The number of aryl methyl sites for hydroxylation is 1. The second kappa shape index (κ2) is 7.21. The molecular weight excluding hydrogens is 360 g/mol. The minimum Gasteiger partial charge on any atom is -0.331 e. The summed E-state index contributed by atoms with van der Waals surface area (Å²) in [5.74, 6) is -0.0806. The van der Waals surface area contributed by atoms with Crippen LogP contribution in [0.3, 0.4) is 0 Å². The first-order chi connectivity index (χ1) is 14.2. The van der Waals surface area contributed by atoms with Gasteiger partial charge in [-0.2, -0.15) is 0 Å². The van der Waals surface area contributed by atoms with Gasteiger partial charge in [0.2, 0.25) is 5.91 Å². The van der Waals surface area contributed by atoms with Crippen LogP contribution in [0.15, 0.2) is 71.5 Å². The maximum atomic E-state index is 13.0. The van der Waals surface area contributed by atoms with Gasteiger partial charge in [0.1, 0.15) is 6.54 Å². The fourth-order valence-corrected chi connectivity index (χ4v) is 4.48. The number of amides is 1. The molecule has 29 heavy (non-hydrogen) atoms. The van der Waals surface area contributed by atoms with Crippen molar-refractivity contribution in [3.05, 3.63) is 88.1 Å². The van der Waals surface area contributed by atoms with Crippen LogP contribution >= 0.6 is 0 Å². The van der Waals surface area contributed by atoms with Crippen LogP contribution in [0, 0.1) is 0 Å². The summed E-state index contributed by atoms with van der Waals surface area (Å²) >= 11 is 0. The summed E-state index contributed by atoms with van der Waals surface area (Å²) in [5.41, 5.74) is 5.09. The molecule has 0 bridgehead atoms. The average Bonchev–Trinajstić information content (AvgIpc) is 2.77. The molecule has 1 N–H and O–H groups in total. The lowest BCUT2D eigenvalue weighted by atomic mass is 9.90. The molecule has 4 nitrogen and oxygen atoms in total. The van der Waals surface area contributed by atoms with E-state index in [4.69, 9.17) is 0 Å². The highest BCUT2D eigenvalue weighted by molar-refractivity contribution is 5.97. The molecule has 0 unspecified atom stereocenters. The number of hydrogen-bond donors (Lipinski definition) is 1. The summed E-state index contributed by atoms with van der Waals surface area (Å²) in [6.45, 7) is 0.158. The molecule has 1 aliphatic carbocycles. The Balaban J connectivity index is 1.56. The van der Waals surface area contributed by atoms with Gasteiger partial charge in [-0.3, -0.25) is 9.59 Å². The topological polar surface area (TPSA) is 51.1 Å². The van der Waals surface area contributed by atoms with Crippen molar-refractivity contribution in [1.82, 2.24) is 4.57 Å². The second-order valence-electron chi connectivity index (χ2n) is 7.65. The van der Waals surface area contributed by atoms with Gasteiger partial charge >= 0.3 is 0 Å². The predicted octanol–water partition coefficient (Wildman–Crippen LogP) is 4.67. The number of nitrogens with zero attached hydrogens (tertiary/aromatic N) is 1. The van der Waals surface area contributed by atoms with E-state index in [-0.39, 0.29) is 17.9 Å². The SMILES string of the molecule is O=C(Cn1c2ccccc2c(=O)c2ccccc21)Nc1cccc2c1CCCC2. The largest absolute Gasteiger partial charge is 0.331 e. The lowest BCUT2D eigenvalue weighted by Crippen LogP contribution is -2.22. The molecule has 5 rings (SSSR count). The summed E-state index contributed by atoms with van der Waals surface area (Å²) in [6.07, 6.45) is 4.46. The molecule has 4 aromatic rings. The van der Waals surface area contributed by atoms with Gasteiger partial charge in [0, 0.05) is 16.5 Å². The molecule has 0 radical (unpaired) electrons. The van der Waals surface area contributed by atoms with E-state index in [2.05, 4.69) is 11.4 Å².